The zero-order valence-corrected chi connectivity index (χ0v) is 13.2. The minimum absolute atomic E-state index is 0.0944. The van der Waals surface area contributed by atoms with Crippen LogP contribution in [-0.4, -0.2) is 24.2 Å². The van der Waals surface area contributed by atoms with Crippen molar-refractivity contribution in [2.75, 3.05) is 12.3 Å². The van der Waals surface area contributed by atoms with E-state index in [9.17, 15) is 4.79 Å². The van der Waals surface area contributed by atoms with Crippen LogP contribution in [-0.2, 0) is 11.5 Å². The fourth-order valence-electron chi connectivity index (χ4n) is 1.81. The lowest BCUT2D eigenvalue weighted by molar-refractivity contribution is 0.0844. The van der Waals surface area contributed by atoms with Gasteiger partial charge >= 0.3 is 0 Å². The van der Waals surface area contributed by atoms with Crippen molar-refractivity contribution in [3.05, 3.63) is 34.9 Å². The van der Waals surface area contributed by atoms with Crippen LogP contribution in [0.3, 0.4) is 0 Å². The summed E-state index contributed by atoms with van der Waals surface area (Å²) in [5, 5.41) is 0.565. The number of aromatic nitrogens is 2. The SMILES string of the molecule is C[Si](C)(C)CCOCn1cnc2cc(N)ccc2c1=O. The van der Waals surface area contributed by atoms with Gasteiger partial charge in [0.1, 0.15) is 13.1 Å². The Balaban J connectivity index is 2.10. The molecule has 6 heteroatoms. The van der Waals surface area contributed by atoms with Gasteiger partial charge in [-0.25, -0.2) is 4.98 Å². The van der Waals surface area contributed by atoms with E-state index in [1.807, 2.05) is 0 Å². The molecular formula is C14H21N3O2Si. The highest BCUT2D eigenvalue weighted by Gasteiger charge is 2.12. The molecule has 0 amide bonds. The fourth-order valence-corrected chi connectivity index (χ4v) is 2.57. The van der Waals surface area contributed by atoms with Crippen molar-refractivity contribution in [2.24, 2.45) is 0 Å². The largest absolute Gasteiger partial charge is 0.399 e. The lowest BCUT2D eigenvalue weighted by atomic mass is 10.2. The van der Waals surface area contributed by atoms with Crippen molar-refractivity contribution in [1.29, 1.82) is 0 Å². The number of hydrogen-bond acceptors (Lipinski definition) is 4. The summed E-state index contributed by atoms with van der Waals surface area (Å²) in [4.78, 5) is 16.5. The Bertz CT molecular complexity index is 661. The van der Waals surface area contributed by atoms with E-state index in [0.29, 0.717) is 23.2 Å². The van der Waals surface area contributed by atoms with E-state index in [1.54, 1.807) is 18.2 Å². The number of fused-ring (bicyclic) bond motifs is 1. The van der Waals surface area contributed by atoms with Crippen molar-refractivity contribution >= 4 is 24.7 Å². The second-order valence-electron chi connectivity index (χ2n) is 6.14. The second kappa shape index (κ2) is 5.76. The normalized spacial score (nSPS) is 11.9. The molecular weight excluding hydrogens is 270 g/mol. The molecule has 0 aliphatic carbocycles. The molecule has 0 spiro atoms. The highest BCUT2D eigenvalue weighted by Crippen LogP contribution is 2.11. The summed E-state index contributed by atoms with van der Waals surface area (Å²) in [6.45, 7) is 7.82. The predicted octanol–water partition coefficient (Wildman–Crippen LogP) is 2.29. The molecule has 0 unspecified atom stereocenters. The van der Waals surface area contributed by atoms with Crippen LogP contribution in [0.5, 0.6) is 0 Å². The Kier molecular flexibility index (Phi) is 4.25. The zero-order valence-electron chi connectivity index (χ0n) is 12.2. The highest BCUT2D eigenvalue weighted by atomic mass is 28.3. The molecule has 2 N–H and O–H groups in total. The number of benzene rings is 1. The van der Waals surface area contributed by atoms with Crippen LogP contribution >= 0.6 is 0 Å². The van der Waals surface area contributed by atoms with Gasteiger partial charge in [-0.2, -0.15) is 0 Å². The molecule has 20 heavy (non-hydrogen) atoms. The molecule has 0 aliphatic rings. The van der Waals surface area contributed by atoms with Crippen LogP contribution < -0.4 is 11.3 Å². The minimum Gasteiger partial charge on any atom is -0.399 e. The summed E-state index contributed by atoms with van der Waals surface area (Å²) >= 11 is 0. The first-order valence-corrected chi connectivity index (χ1v) is 10.4. The molecule has 2 aromatic rings. The van der Waals surface area contributed by atoms with Gasteiger partial charge in [-0.1, -0.05) is 19.6 Å². The van der Waals surface area contributed by atoms with Gasteiger partial charge < -0.3 is 10.5 Å². The first-order valence-electron chi connectivity index (χ1n) is 6.69. The van der Waals surface area contributed by atoms with Gasteiger partial charge in [0, 0.05) is 20.4 Å². The first-order chi connectivity index (χ1) is 9.37. The molecule has 1 aromatic heterocycles. The summed E-state index contributed by atoms with van der Waals surface area (Å²) < 4.78 is 7.07. The molecule has 0 saturated heterocycles. The molecule has 0 aliphatic heterocycles. The van der Waals surface area contributed by atoms with Crippen LogP contribution in [0.2, 0.25) is 25.7 Å². The monoisotopic (exact) mass is 291 g/mol. The molecule has 0 fully saturated rings. The maximum atomic E-state index is 12.2. The number of anilines is 1. The van der Waals surface area contributed by atoms with E-state index in [1.165, 1.54) is 10.9 Å². The van der Waals surface area contributed by atoms with Crippen molar-refractivity contribution in [3.63, 3.8) is 0 Å². The number of hydrogen-bond donors (Lipinski definition) is 1. The van der Waals surface area contributed by atoms with E-state index < -0.39 is 8.07 Å². The van der Waals surface area contributed by atoms with Crippen LogP contribution in [0, 0.1) is 0 Å². The average Bonchev–Trinajstić information content (AvgIpc) is 2.35. The molecule has 0 atom stereocenters. The van der Waals surface area contributed by atoms with Gasteiger partial charge in [0.15, 0.2) is 0 Å². The van der Waals surface area contributed by atoms with Gasteiger partial charge in [-0.05, 0) is 24.2 Å². The predicted molar refractivity (Wildman–Crippen MR) is 84.5 cm³/mol. The van der Waals surface area contributed by atoms with Gasteiger partial charge in [0.05, 0.1) is 10.9 Å². The smallest absolute Gasteiger partial charge is 0.263 e. The number of nitrogens with two attached hydrogens (primary N) is 1. The summed E-state index contributed by atoms with van der Waals surface area (Å²) in [6, 6.07) is 6.20. The fraction of sp³-hybridized carbons (Fsp3) is 0.429. The third kappa shape index (κ3) is 3.67. The molecule has 1 heterocycles. The summed E-state index contributed by atoms with van der Waals surface area (Å²) in [5.74, 6) is 0. The molecule has 0 radical (unpaired) electrons. The summed E-state index contributed by atoms with van der Waals surface area (Å²) in [5.41, 5.74) is 6.81. The average molecular weight is 291 g/mol. The number of nitrogens with zero attached hydrogens (tertiary/aromatic N) is 2. The molecule has 1 aromatic carbocycles. The van der Waals surface area contributed by atoms with E-state index in [-0.39, 0.29) is 12.3 Å². The van der Waals surface area contributed by atoms with Gasteiger partial charge in [0.2, 0.25) is 0 Å². The Hall–Kier alpha value is -1.66. The molecule has 2 rings (SSSR count). The second-order valence-corrected chi connectivity index (χ2v) is 11.8. The maximum absolute atomic E-state index is 12.2. The van der Waals surface area contributed by atoms with Crippen LogP contribution in [0.15, 0.2) is 29.3 Å². The number of ether oxygens (including phenoxy) is 1. The Morgan fingerprint density at radius 1 is 1.35 bits per heavy atom. The number of rotatable bonds is 5. The van der Waals surface area contributed by atoms with Crippen LogP contribution in [0.25, 0.3) is 10.9 Å². The third-order valence-electron chi connectivity index (χ3n) is 3.08. The van der Waals surface area contributed by atoms with E-state index >= 15 is 0 Å². The summed E-state index contributed by atoms with van der Waals surface area (Å²) in [6.07, 6.45) is 1.51. The van der Waals surface area contributed by atoms with Crippen molar-refractivity contribution in [1.82, 2.24) is 9.55 Å². The van der Waals surface area contributed by atoms with Gasteiger partial charge in [-0.15, -0.1) is 0 Å². The highest BCUT2D eigenvalue weighted by molar-refractivity contribution is 6.76. The lowest BCUT2D eigenvalue weighted by Crippen LogP contribution is -2.25. The van der Waals surface area contributed by atoms with Crippen molar-refractivity contribution in [3.8, 4) is 0 Å². The number of nitrogen functional groups attached to an aromatic ring is 1. The third-order valence-corrected chi connectivity index (χ3v) is 4.78. The van der Waals surface area contributed by atoms with Crippen molar-refractivity contribution < 1.29 is 4.74 Å². The topological polar surface area (TPSA) is 70.1 Å². The van der Waals surface area contributed by atoms with Crippen LogP contribution in [0.1, 0.15) is 0 Å². The molecule has 0 saturated carbocycles. The summed E-state index contributed by atoms with van der Waals surface area (Å²) in [7, 11) is -1.10. The molecule has 0 bridgehead atoms. The van der Waals surface area contributed by atoms with Crippen LogP contribution in [0.4, 0.5) is 5.69 Å². The van der Waals surface area contributed by atoms with Gasteiger partial charge in [0.25, 0.3) is 5.56 Å². The minimum atomic E-state index is -1.10. The quantitative estimate of drug-likeness (QED) is 0.521. The van der Waals surface area contributed by atoms with E-state index in [4.69, 9.17) is 10.5 Å². The maximum Gasteiger partial charge on any atom is 0.263 e. The Morgan fingerprint density at radius 3 is 2.80 bits per heavy atom. The van der Waals surface area contributed by atoms with Gasteiger partial charge in [-0.3, -0.25) is 9.36 Å². The lowest BCUT2D eigenvalue weighted by Gasteiger charge is -2.15. The van der Waals surface area contributed by atoms with E-state index in [2.05, 4.69) is 24.6 Å². The molecule has 108 valence electrons. The Labute approximate surface area is 119 Å². The molecule has 5 nitrogen and oxygen atoms in total. The van der Waals surface area contributed by atoms with E-state index in [0.717, 1.165) is 6.04 Å². The standard InChI is InChI=1S/C14H21N3O2Si/c1-20(2,3)7-6-19-10-17-9-16-13-8-11(15)4-5-12(13)14(17)18/h4-5,8-9H,6-7,10,15H2,1-3H3. The Morgan fingerprint density at radius 2 is 2.10 bits per heavy atom. The zero-order chi connectivity index (χ0) is 14.8. The van der Waals surface area contributed by atoms with Crippen molar-refractivity contribution in [2.45, 2.75) is 32.4 Å². The first kappa shape index (κ1) is 14.7.